The van der Waals surface area contributed by atoms with Gasteiger partial charge < -0.3 is 10.1 Å². The van der Waals surface area contributed by atoms with Gasteiger partial charge in [0.25, 0.3) is 5.91 Å². The van der Waals surface area contributed by atoms with Gasteiger partial charge in [-0.05, 0) is 53.7 Å². The SMILES string of the molecule is CC(=O)c1cccc(NC(=O)COc2ccc(-n3cnnn3)cc2)c1. The van der Waals surface area contributed by atoms with Crippen LogP contribution < -0.4 is 10.1 Å². The summed E-state index contributed by atoms with van der Waals surface area (Å²) < 4.78 is 6.96. The Morgan fingerprint density at radius 3 is 2.64 bits per heavy atom. The molecule has 8 nitrogen and oxygen atoms in total. The summed E-state index contributed by atoms with van der Waals surface area (Å²) >= 11 is 0. The van der Waals surface area contributed by atoms with Crippen LogP contribution in [0.25, 0.3) is 5.69 Å². The van der Waals surface area contributed by atoms with E-state index >= 15 is 0 Å². The Morgan fingerprint density at radius 2 is 1.96 bits per heavy atom. The number of anilines is 1. The van der Waals surface area contributed by atoms with Gasteiger partial charge in [-0.3, -0.25) is 9.59 Å². The normalized spacial score (nSPS) is 10.3. The van der Waals surface area contributed by atoms with Gasteiger partial charge in [-0.25, -0.2) is 4.68 Å². The van der Waals surface area contributed by atoms with Crippen LogP contribution >= 0.6 is 0 Å². The molecule has 3 aromatic rings. The fourth-order valence-electron chi connectivity index (χ4n) is 2.14. The second-order valence-corrected chi connectivity index (χ2v) is 5.22. The van der Waals surface area contributed by atoms with Gasteiger partial charge >= 0.3 is 0 Å². The highest BCUT2D eigenvalue weighted by atomic mass is 16.5. The summed E-state index contributed by atoms with van der Waals surface area (Å²) in [5.74, 6) is 0.171. The lowest BCUT2D eigenvalue weighted by Gasteiger charge is -2.09. The summed E-state index contributed by atoms with van der Waals surface area (Å²) in [5.41, 5.74) is 1.87. The Balaban J connectivity index is 1.55. The molecule has 8 heteroatoms. The number of ketones is 1. The lowest BCUT2D eigenvalue weighted by Crippen LogP contribution is -2.20. The quantitative estimate of drug-likeness (QED) is 0.690. The zero-order valence-electron chi connectivity index (χ0n) is 13.4. The number of aromatic nitrogens is 4. The largest absolute Gasteiger partial charge is 0.484 e. The van der Waals surface area contributed by atoms with E-state index < -0.39 is 0 Å². The van der Waals surface area contributed by atoms with Crippen LogP contribution in [0.4, 0.5) is 5.69 Å². The van der Waals surface area contributed by atoms with Crippen molar-refractivity contribution in [2.24, 2.45) is 0 Å². The van der Waals surface area contributed by atoms with Crippen LogP contribution in [-0.4, -0.2) is 38.5 Å². The van der Waals surface area contributed by atoms with Crippen LogP contribution in [0.15, 0.2) is 54.9 Å². The Kier molecular flexibility index (Phi) is 4.79. The molecule has 1 N–H and O–H groups in total. The fraction of sp³-hybridized carbons (Fsp3) is 0.118. The summed E-state index contributed by atoms with van der Waals surface area (Å²) in [6, 6.07) is 13.7. The number of hydrogen-bond donors (Lipinski definition) is 1. The molecule has 25 heavy (non-hydrogen) atoms. The second kappa shape index (κ2) is 7.35. The number of carbonyl (C=O) groups is 2. The van der Waals surface area contributed by atoms with Gasteiger partial charge in [0.2, 0.25) is 0 Å². The van der Waals surface area contributed by atoms with E-state index in [0.29, 0.717) is 17.0 Å². The van der Waals surface area contributed by atoms with Crippen molar-refractivity contribution >= 4 is 17.4 Å². The van der Waals surface area contributed by atoms with Crippen molar-refractivity contribution in [2.45, 2.75) is 6.92 Å². The van der Waals surface area contributed by atoms with Gasteiger partial charge in [0.05, 0.1) is 5.69 Å². The van der Waals surface area contributed by atoms with Gasteiger partial charge in [0.15, 0.2) is 12.4 Å². The van der Waals surface area contributed by atoms with E-state index in [1.165, 1.54) is 17.9 Å². The molecule has 0 spiro atoms. The summed E-state index contributed by atoms with van der Waals surface area (Å²) in [6.07, 6.45) is 1.48. The molecule has 0 saturated heterocycles. The van der Waals surface area contributed by atoms with E-state index in [1.807, 2.05) is 0 Å². The molecule has 0 aliphatic rings. The van der Waals surface area contributed by atoms with E-state index in [9.17, 15) is 9.59 Å². The molecule has 0 saturated carbocycles. The van der Waals surface area contributed by atoms with Gasteiger partial charge in [0, 0.05) is 11.3 Å². The minimum Gasteiger partial charge on any atom is -0.484 e. The highest BCUT2D eigenvalue weighted by molar-refractivity contribution is 5.97. The smallest absolute Gasteiger partial charge is 0.262 e. The first kappa shape index (κ1) is 16.3. The molecular formula is C17H15N5O3. The van der Waals surface area contributed by atoms with Crippen molar-refractivity contribution in [3.63, 3.8) is 0 Å². The van der Waals surface area contributed by atoms with Crippen molar-refractivity contribution in [2.75, 3.05) is 11.9 Å². The average molecular weight is 337 g/mol. The molecule has 0 fully saturated rings. The lowest BCUT2D eigenvalue weighted by atomic mass is 10.1. The average Bonchev–Trinajstić information content (AvgIpc) is 3.15. The summed E-state index contributed by atoms with van der Waals surface area (Å²) in [7, 11) is 0. The maximum absolute atomic E-state index is 12.0. The molecule has 3 rings (SSSR count). The Hall–Kier alpha value is -3.55. The number of rotatable bonds is 6. The van der Waals surface area contributed by atoms with Crippen LogP contribution in [-0.2, 0) is 4.79 Å². The van der Waals surface area contributed by atoms with Crippen molar-refractivity contribution in [3.05, 3.63) is 60.4 Å². The van der Waals surface area contributed by atoms with Crippen molar-refractivity contribution in [1.82, 2.24) is 20.2 Å². The minimum atomic E-state index is -0.315. The number of benzene rings is 2. The van der Waals surface area contributed by atoms with Crippen LogP contribution in [0.3, 0.4) is 0 Å². The van der Waals surface area contributed by atoms with Crippen molar-refractivity contribution < 1.29 is 14.3 Å². The maximum atomic E-state index is 12.0. The lowest BCUT2D eigenvalue weighted by molar-refractivity contribution is -0.118. The van der Waals surface area contributed by atoms with Gasteiger partial charge in [-0.2, -0.15) is 0 Å². The van der Waals surface area contributed by atoms with E-state index in [1.54, 1.807) is 48.5 Å². The van der Waals surface area contributed by atoms with Gasteiger partial charge in [0.1, 0.15) is 12.1 Å². The summed E-state index contributed by atoms with van der Waals surface area (Å²) in [4.78, 5) is 23.3. The molecule has 0 bridgehead atoms. The number of nitrogens with zero attached hydrogens (tertiary/aromatic N) is 4. The van der Waals surface area contributed by atoms with Crippen molar-refractivity contribution in [3.8, 4) is 11.4 Å². The molecule has 0 unspecified atom stereocenters. The first-order chi connectivity index (χ1) is 12.1. The molecular weight excluding hydrogens is 322 g/mol. The van der Waals surface area contributed by atoms with E-state index in [-0.39, 0.29) is 18.3 Å². The molecule has 2 aromatic carbocycles. The van der Waals surface area contributed by atoms with E-state index in [0.717, 1.165) is 5.69 Å². The van der Waals surface area contributed by atoms with Crippen LogP contribution in [0, 0.1) is 0 Å². The van der Waals surface area contributed by atoms with Gasteiger partial charge in [-0.1, -0.05) is 12.1 Å². The molecule has 0 aliphatic heterocycles. The molecule has 0 radical (unpaired) electrons. The van der Waals surface area contributed by atoms with Crippen molar-refractivity contribution in [1.29, 1.82) is 0 Å². The molecule has 0 atom stereocenters. The monoisotopic (exact) mass is 337 g/mol. The first-order valence-corrected chi connectivity index (χ1v) is 7.49. The van der Waals surface area contributed by atoms with Crippen LogP contribution in [0.2, 0.25) is 0 Å². The third-order valence-electron chi connectivity index (χ3n) is 3.37. The predicted molar refractivity (Wildman–Crippen MR) is 89.7 cm³/mol. The molecule has 1 amide bonds. The Labute approximate surface area is 143 Å². The van der Waals surface area contributed by atoms with Crippen LogP contribution in [0.5, 0.6) is 5.75 Å². The first-order valence-electron chi connectivity index (χ1n) is 7.49. The van der Waals surface area contributed by atoms with E-state index in [4.69, 9.17) is 4.74 Å². The highest BCUT2D eigenvalue weighted by Crippen LogP contribution is 2.15. The number of carbonyl (C=O) groups excluding carboxylic acids is 2. The number of tetrazole rings is 1. The maximum Gasteiger partial charge on any atom is 0.262 e. The molecule has 1 aromatic heterocycles. The number of ether oxygens (including phenoxy) is 1. The number of Topliss-reactive ketones (excluding diaryl/α,β-unsaturated/α-hetero) is 1. The highest BCUT2D eigenvalue weighted by Gasteiger charge is 2.06. The minimum absolute atomic E-state index is 0.0602. The zero-order valence-corrected chi connectivity index (χ0v) is 13.4. The fourth-order valence-corrected chi connectivity index (χ4v) is 2.14. The summed E-state index contributed by atoms with van der Waals surface area (Å²) in [5, 5.41) is 13.6. The summed E-state index contributed by atoms with van der Waals surface area (Å²) in [6.45, 7) is 1.33. The number of hydrogen-bond acceptors (Lipinski definition) is 6. The standard InChI is InChI=1S/C17H15N5O3/c1-12(23)13-3-2-4-14(9-13)19-17(24)10-25-16-7-5-15(6-8-16)22-11-18-20-21-22/h2-9,11H,10H2,1H3,(H,19,24). The number of nitrogens with one attached hydrogen (secondary N) is 1. The topological polar surface area (TPSA) is 99.0 Å². The third-order valence-corrected chi connectivity index (χ3v) is 3.37. The predicted octanol–water partition coefficient (Wildman–Crippen LogP) is 1.88. The van der Waals surface area contributed by atoms with Crippen LogP contribution in [0.1, 0.15) is 17.3 Å². The third kappa shape index (κ3) is 4.25. The zero-order chi connectivity index (χ0) is 17.6. The van der Waals surface area contributed by atoms with Gasteiger partial charge in [-0.15, -0.1) is 5.10 Å². The Bertz CT molecular complexity index is 876. The number of amides is 1. The molecule has 0 aliphatic carbocycles. The molecule has 126 valence electrons. The Morgan fingerprint density at radius 1 is 1.16 bits per heavy atom. The second-order valence-electron chi connectivity index (χ2n) is 5.22. The van der Waals surface area contributed by atoms with E-state index in [2.05, 4.69) is 20.8 Å². The molecule has 1 heterocycles.